The fourth-order valence-electron chi connectivity index (χ4n) is 4.59. The van der Waals surface area contributed by atoms with Crippen molar-refractivity contribution in [3.63, 3.8) is 0 Å². The molecule has 1 atom stereocenters. The van der Waals surface area contributed by atoms with Crippen LogP contribution in [0.1, 0.15) is 88.5 Å². The summed E-state index contributed by atoms with van der Waals surface area (Å²) in [6, 6.07) is 23.0. The van der Waals surface area contributed by atoms with Gasteiger partial charge in [-0.25, -0.2) is 0 Å². The molecule has 0 bridgehead atoms. The van der Waals surface area contributed by atoms with Crippen molar-refractivity contribution in [2.24, 2.45) is 0 Å². The largest absolute Gasteiger partial charge is 0.460 e. The number of aliphatic hydroxyl groups is 1. The molecule has 3 aromatic carbocycles. The number of ether oxygens (including phenoxy) is 1. The van der Waals surface area contributed by atoms with E-state index in [0.29, 0.717) is 0 Å². The fourth-order valence-corrected chi connectivity index (χ4v) is 4.59. The van der Waals surface area contributed by atoms with Crippen molar-refractivity contribution in [3.8, 4) is 0 Å². The van der Waals surface area contributed by atoms with E-state index in [0.717, 1.165) is 41.2 Å². The van der Waals surface area contributed by atoms with Crippen LogP contribution in [0.3, 0.4) is 0 Å². The van der Waals surface area contributed by atoms with Gasteiger partial charge in [0.1, 0.15) is 5.60 Å². The molecule has 0 aliphatic carbocycles. The van der Waals surface area contributed by atoms with Gasteiger partial charge in [-0.15, -0.1) is 0 Å². The number of esters is 1. The average Bonchev–Trinajstić information content (AvgIpc) is 2.79. The monoisotopic (exact) mass is 460 g/mol. The lowest BCUT2D eigenvalue weighted by Gasteiger charge is -2.22. The van der Waals surface area contributed by atoms with E-state index in [1.54, 1.807) is 0 Å². The maximum absolute atomic E-state index is 12.4. The van der Waals surface area contributed by atoms with Crippen LogP contribution in [0, 0.1) is 0 Å². The normalized spacial score (nSPS) is 12.6. The Bertz CT molecular complexity index is 1030. The minimum atomic E-state index is -0.867. The van der Waals surface area contributed by atoms with E-state index >= 15 is 0 Å². The molecule has 0 saturated heterocycles. The van der Waals surface area contributed by atoms with Crippen LogP contribution in [0.2, 0.25) is 0 Å². The van der Waals surface area contributed by atoms with Gasteiger partial charge in [0.2, 0.25) is 0 Å². The van der Waals surface area contributed by atoms with Crippen LogP contribution in [0.25, 0.3) is 10.8 Å². The van der Waals surface area contributed by atoms with Gasteiger partial charge in [-0.3, -0.25) is 4.79 Å². The van der Waals surface area contributed by atoms with Gasteiger partial charge in [0, 0.05) is 0 Å². The van der Waals surface area contributed by atoms with Crippen LogP contribution in [-0.2, 0) is 22.4 Å². The van der Waals surface area contributed by atoms with Gasteiger partial charge in [-0.1, -0.05) is 92.4 Å². The third-order valence-corrected chi connectivity index (χ3v) is 6.18. The zero-order valence-electron chi connectivity index (χ0n) is 21.1. The van der Waals surface area contributed by atoms with Crippen LogP contribution in [0.5, 0.6) is 0 Å². The van der Waals surface area contributed by atoms with Gasteiger partial charge in [0.25, 0.3) is 0 Å². The number of aryl methyl sites for hydroxylation is 2. The Hall–Kier alpha value is -2.65. The number of hydrogen-bond donors (Lipinski definition) is 1. The van der Waals surface area contributed by atoms with E-state index in [2.05, 4.69) is 48.5 Å². The van der Waals surface area contributed by atoms with E-state index < -0.39 is 11.7 Å². The maximum atomic E-state index is 12.4. The Morgan fingerprint density at radius 1 is 0.794 bits per heavy atom. The van der Waals surface area contributed by atoms with E-state index in [4.69, 9.17) is 4.74 Å². The summed E-state index contributed by atoms with van der Waals surface area (Å²) >= 11 is 0. The average molecular weight is 461 g/mol. The number of carbonyl (C=O) groups is 1. The quantitative estimate of drug-likeness (QED) is 0.222. The molecule has 0 heterocycles. The molecule has 1 N–H and O–H groups in total. The molecular formula is C31H40O3. The van der Waals surface area contributed by atoms with Crippen molar-refractivity contribution in [2.45, 2.75) is 90.3 Å². The third-order valence-electron chi connectivity index (χ3n) is 6.18. The van der Waals surface area contributed by atoms with Crippen LogP contribution in [-0.4, -0.2) is 16.7 Å². The molecule has 3 aromatic rings. The van der Waals surface area contributed by atoms with Crippen molar-refractivity contribution < 1.29 is 14.6 Å². The third kappa shape index (κ3) is 8.29. The topological polar surface area (TPSA) is 46.5 Å². The first-order valence-corrected chi connectivity index (χ1v) is 12.8. The summed E-state index contributed by atoms with van der Waals surface area (Å²) in [5.74, 6) is -0.366. The number of unbranched alkanes of at least 4 members (excludes halogenated alkanes) is 5. The van der Waals surface area contributed by atoms with Crippen LogP contribution in [0.15, 0.2) is 66.7 Å². The van der Waals surface area contributed by atoms with Crippen molar-refractivity contribution in [2.75, 3.05) is 0 Å². The molecule has 0 fully saturated rings. The highest BCUT2D eigenvalue weighted by atomic mass is 16.6. The first kappa shape index (κ1) is 26.0. The number of rotatable bonds is 12. The molecule has 0 radical (unpaired) electrons. The second-order valence-corrected chi connectivity index (χ2v) is 10.3. The summed E-state index contributed by atoms with van der Waals surface area (Å²) in [4.78, 5) is 12.4. The van der Waals surface area contributed by atoms with Gasteiger partial charge in [0.15, 0.2) is 0 Å². The molecule has 1 unspecified atom stereocenters. The number of hydrogen-bond acceptors (Lipinski definition) is 3. The number of benzene rings is 3. The second-order valence-electron chi connectivity index (χ2n) is 10.3. The van der Waals surface area contributed by atoms with E-state index in [9.17, 15) is 9.90 Å². The molecule has 3 nitrogen and oxygen atoms in total. The summed E-state index contributed by atoms with van der Waals surface area (Å²) < 4.78 is 5.46. The van der Waals surface area contributed by atoms with Crippen molar-refractivity contribution in [1.82, 2.24) is 0 Å². The fraction of sp³-hybridized carbons (Fsp3) is 0.452. The van der Waals surface area contributed by atoms with E-state index in [1.807, 2.05) is 39.0 Å². The lowest BCUT2D eigenvalue weighted by molar-refractivity contribution is -0.157. The summed E-state index contributed by atoms with van der Waals surface area (Å²) in [6.07, 6.45) is 8.46. The van der Waals surface area contributed by atoms with Crippen LogP contribution < -0.4 is 0 Å². The standard InChI is InChI=1S/C31H40O3/c1-31(2,3)34-29(33)23-28(32)30-26(22-21-25-18-13-14-20-27(25)30)19-12-7-5-4-6-9-15-24-16-10-8-11-17-24/h8,10-11,13-14,16-18,20-22,28,32H,4-7,9,12,15,19,23H2,1-3H3. The summed E-state index contributed by atoms with van der Waals surface area (Å²) in [5.41, 5.74) is 2.89. The number of aliphatic hydroxyl groups excluding tert-OH is 1. The number of carbonyl (C=O) groups excluding carboxylic acids is 1. The van der Waals surface area contributed by atoms with Gasteiger partial charge in [0.05, 0.1) is 12.5 Å². The van der Waals surface area contributed by atoms with Gasteiger partial charge >= 0.3 is 5.97 Å². The van der Waals surface area contributed by atoms with Gasteiger partial charge in [-0.2, -0.15) is 0 Å². The molecule has 0 aromatic heterocycles. The Labute approximate surface area is 205 Å². The molecule has 0 aliphatic heterocycles. The molecular weight excluding hydrogens is 420 g/mol. The minimum absolute atomic E-state index is 0.0281. The molecule has 0 spiro atoms. The molecule has 0 amide bonds. The van der Waals surface area contributed by atoms with Gasteiger partial charge < -0.3 is 9.84 Å². The van der Waals surface area contributed by atoms with E-state index in [-0.39, 0.29) is 12.4 Å². The predicted molar refractivity (Wildman–Crippen MR) is 141 cm³/mol. The summed E-state index contributed by atoms with van der Waals surface area (Å²) in [7, 11) is 0. The lowest BCUT2D eigenvalue weighted by Crippen LogP contribution is -2.25. The van der Waals surface area contributed by atoms with Crippen molar-refractivity contribution >= 4 is 16.7 Å². The Balaban J connectivity index is 1.53. The second kappa shape index (κ2) is 12.7. The first-order chi connectivity index (χ1) is 16.3. The smallest absolute Gasteiger partial charge is 0.309 e. The van der Waals surface area contributed by atoms with Crippen LogP contribution in [0.4, 0.5) is 0 Å². The molecule has 3 heteroatoms. The van der Waals surface area contributed by atoms with E-state index in [1.165, 1.54) is 37.7 Å². The SMILES string of the molecule is CC(C)(C)OC(=O)CC(O)c1c(CCCCCCCCc2ccccc2)ccc2ccccc12. The molecule has 182 valence electrons. The zero-order chi connectivity index (χ0) is 24.4. The summed E-state index contributed by atoms with van der Waals surface area (Å²) in [5, 5.41) is 13.2. The Kier molecular flexibility index (Phi) is 9.71. The predicted octanol–water partition coefficient (Wildman–Crippen LogP) is 7.73. The van der Waals surface area contributed by atoms with Crippen molar-refractivity contribution in [3.05, 3.63) is 83.4 Å². The molecule has 3 rings (SSSR count). The highest BCUT2D eigenvalue weighted by Crippen LogP contribution is 2.31. The Morgan fingerprint density at radius 3 is 2.12 bits per heavy atom. The van der Waals surface area contributed by atoms with Crippen LogP contribution >= 0.6 is 0 Å². The minimum Gasteiger partial charge on any atom is -0.460 e. The zero-order valence-corrected chi connectivity index (χ0v) is 21.1. The molecule has 0 saturated carbocycles. The number of fused-ring (bicyclic) bond motifs is 1. The highest BCUT2D eigenvalue weighted by molar-refractivity contribution is 5.87. The first-order valence-electron chi connectivity index (χ1n) is 12.8. The molecule has 0 aliphatic rings. The highest BCUT2D eigenvalue weighted by Gasteiger charge is 2.23. The lowest BCUT2D eigenvalue weighted by atomic mass is 9.90. The summed E-state index contributed by atoms with van der Waals surface area (Å²) in [6.45, 7) is 5.55. The Morgan fingerprint density at radius 2 is 1.41 bits per heavy atom. The molecule has 34 heavy (non-hydrogen) atoms. The van der Waals surface area contributed by atoms with Crippen molar-refractivity contribution in [1.29, 1.82) is 0 Å². The maximum Gasteiger partial charge on any atom is 0.309 e. The van der Waals surface area contributed by atoms with Gasteiger partial charge in [-0.05, 0) is 73.9 Å².